The predicted octanol–water partition coefficient (Wildman–Crippen LogP) is 5.46. The van der Waals surface area contributed by atoms with Gasteiger partial charge in [-0.25, -0.2) is 0 Å². The topological polar surface area (TPSA) is 43.4 Å². The average Bonchev–Trinajstić information content (AvgIpc) is 2.51. The van der Waals surface area contributed by atoms with Crippen LogP contribution in [0.25, 0.3) is 0 Å². The third-order valence-electron chi connectivity index (χ3n) is 4.36. The maximum absolute atomic E-state index is 12.5. The number of ether oxygens (including phenoxy) is 1. The Labute approximate surface area is 131 Å². The number of carbonyl (C=O) groups is 1. The summed E-state index contributed by atoms with van der Waals surface area (Å²) in [6, 6.07) is 0. The molecule has 21 heavy (non-hydrogen) atoms. The van der Waals surface area contributed by atoms with E-state index in [2.05, 4.69) is 6.92 Å². The van der Waals surface area contributed by atoms with Crippen LogP contribution in [-0.2, 0) is 14.1 Å². The molecular formula is C17H35O3P. The van der Waals surface area contributed by atoms with Crippen LogP contribution in [0, 0.1) is 0 Å². The Hall–Kier alpha value is -0.300. The minimum Gasteiger partial charge on any atom is -0.465 e. The molecule has 0 spiro atoms. The first-order valence-corrected chi connectivity index (χ1v) is 10.9. The fraction of sp³-hybridized carbons (Fsp3) is 0.941. The maximum Gasteiger partial charge on any atom is 0.316 e. The normalized spacial score (nSPS) is 13.1. The molecule has 0 rings (SSSR count). The lowest BCUT2D eigenvalue weighted by Gasteiger charge is -2.20. The molecule has 0 aliphatic rings. The molecule has 4 heteroatoms. The second-order valence-corrected chi connectivity index (χ2v) is 9.85. The standard InChI is InChI=1S/C17H35O3P/c1-5-8-9-10-11-12-13-14-15-20-17(18)16(4)21(19,6-2)7-3/h16H,5-15H2,1-4H3. The Bertz CT molecular complexity index is 307. The molecule has 3 nitrogen and oxygen atoms in total. The molecule has 0 saturated heterocycles. The zero-order chi connectivity index (χ0) is 16.1. The lowest BCUT2D eigenvalue weighted by Crippen LogP contribution is -2.22. The smallest absolute Gasteiger partial charge is 0.316 e. The third kappa shape index (κ3) is 8.66. The molecule has 0 aliphatic carbocycles. The Morgan fingerprint density at radius 3 is 1.86 bits per heavy atom. The van der Waals surface area contributed by atoms with E-state index in [0.29, 0.717) is 18.9 Å². The van der Waals surface area contributed by atoms with Gasteiger partial charge >= 0.3 is 5.97 Å². The van der Waals surface area contributed by atoms with Gasteiger partial charge in [-0.3, -0.25) is 4.79 Å². The SMILES string of the molecule is CCCCCCCCCCOC(=O)C(C)P(=O)(CC)CC. The molecule has 0 amide bonds. The Kier molecular flexibility index (Phi) is 12.1. The average molecular weight is 318 g/mol. The van der Waals surface area contributed by atoms with Crippen molar-refractivity contribution in [3.63, 3.8) is 0 Å². The molecule has 1 atom stereocenters. The van der Waals surface area contributed by atoms with Crippen molar-refractivity contribution in [3.8, 4) is 0 Å². The number of hydrogen-bond acceptors (Lipinski definition) is 3. The molecule has 0 aromatic heterocycles. The van der Waals surface area contributed by atoms with Gasteiger partial charge in [-0.1, -0.05) is 65.7 Å². The van der Waals surface area contributed by atoms with Gasteiger partial charge in [-0.15, -0.1) is 0 Å². The molecule has 0 heterocycles. The summed E-state index contributed by atoms with van der Waals surface area (Å²) >= 11 is 0. The summed E-state index contributed by atoms with van der Waals surface area (Å²) in [5, 5.41) is 0. The fourth-order valence-corrected chi connectivity index (χ4v) is 4.49. The van der Waals surface area contributed by atoms with Crippen molar-refractivity contribution in [2.45, 2.75) is 84.7 Å². The highest BCUT2D eigenvalue weighted by Crippen LogP contribution is 2.50. The van der Waals surface area contributed by atoms with Gasteiger partial charge in [0.25, 0.3) is 0 Å². The van der Waals surface area contributed by atoms with Gasteiger partial charge in [0.1, 0.15) is 12.8 Å². The lowest BCUT2D eigenvalue weighted by atomic mass is 10.1. The van der Waals surface area contributed by atoms with Gasteiger partial charge in [0.05, 0.1) is 6.61 Å². The zero-order valence-electron chi connectivity index (χ0n) is 14.5. The highest BCUT2D eigenvalue weighted by molar-refractivity contribution is 7.65. The van der Waals surface area contributed by atoms with E-state index in [-0.39, 0.29) is 5.97 Å². The summed E-state index contributed by atoms with van der Waals surface area (Å²) in [6.45, 7) is 8.25. The molecular weight excluding hydrogens is 283 g/mol. The van der Waals surface area contributed by atoms with E-state index in [0.717, 1.165) is 12.8 Å². The van der Waals surface area contributed by atoms with Crippen molar-refractivity contribution in [2.24, 2.45) is 0 Å². The molecule has 0 aromatic rings. The van der Waals surface area contributed by atoms with Crippen LogP contribution >= 0.6 is 7.14 Å². The number of esters is 1. The van der Waals surface area contributed by atoms with E-state index < -0.39 is 12.8 Å². The van der Waals surface area contributed by atoms with E-state index in [1.807, 2.05) is 13.8 Å². The molecule has 0 N–H and O–H groups in total. The third-order valence-corrected chi connectivity index (χ3v) is 8.12. The van der Waals surface area contributed by atoms with Gasteiger partial charge in [-0.05, 0) is 25.7 Å². The van der Waals surface area contributed by atoms with Gasteiger partial charge in [0.15, 0.2) is 0 Å². The molecule has 0 bridgehead atoms. The zero-order valence-corrected chi connectivity index (χ0v) is 15.4. The van der Waals surface area contributed by atoms with Crippen molar-refractivity contribution >= 4 is 13.1 Å². The highest BCUT2D eigenvalue weighted by atomic mass is 31.2. The van der Waals surface area contributed by atoms with Crippen LogP contribution in [0.15, 0.2) is 0 Å². The minimum atomic E-state index is -2.38. The Balaban J connectivity index is 3.69. The van der Waals surface area contributed by atoms with Crippen molar-refractivity contribution < 1.29 is 14.1 Å². The second-order valence-electron chi connectivity index (χ2n) is 5.90. The Morgan fingerprint density at radius 2 is 1.38 bits per heavy atom. The van der Waals surface area contributed by atoms with Gasteiger partial charge in [-0.2, -0.15) is 0 Å². The van der Waals surface area contributed by atoms with Crippen LogP contribution in [0.5, 0.6) is 0 Å². The monoisotopic (exact) mass is 318 g/mol. The van der Waals surface area contributed by atoms with Gasteiger partial charge in [0.2, 0.25) is 0 Å². The minimum absolute atomic E-state index is 0.273. The van der Waals surface area contributed by atoms with Crippen LogP contribution in [0.4, 0.5) is 0 Å². The highest BCUT2D eigenvalue weighted by Gasteiger charge is 2.32. The van der Waals surface area contributed by atoms with E-state index in [9.17, 15) is 9.36 Å². The van der Waals surface area contributed by atoms with Crippen LogP contribution in [0.2, 0.25) is 0 Å². The first-order chi connectivity index (χ1) is 10.0. The van der Waals surface area contributed by atoms with Gasteiger partial charge in [0, 0.05) is 0 Å². The summed E-state index contributed by atoms with van der Waals surface area (Å²) < 4.78 is 17.7. The summed E-state index contributed by atoms with van der Waals surface area (Å²) in [5.41, 5.74) is -0.443. The Morgan fingerprint density at radius 1 is 0.905 bits per heavy atom. The summed E-state index contributed by atoms with van der Waals surface area (Å²) in [7, 11) is -2.38. The van der Waals surface area contributed by atoms with Gasteiger partial charge < -0.3 is 9.30 Å². The molecule has 0 radical (unpaired) electrons. The fourth-order valence-electron chi connectivity index (χ4n) is 2.49. The summed E-state index contributed by atoms with van der Waals surface area (Å²) in [6.07, 6.45) is 11.0. The van der Waals surface area contributed by atoms with Crippen LogP contribution < -0.4 is 0 Å². The van der Waals surface area contributed by atoms with E-state index in [1.165, 1.54) is 38.5 Å². The van der Waals surface area contributed by atoms with Crippen molar-refractivity contribution in [1.29, 1.82) is 0 Å². The quantitative estimate of drug-likeness (QED) is 0.257. The van der Waals surface area contributed by atoms with Crippen LogP contribution in [0.1, 0.15) is 79.1 Å². The second kappa shape index (κ2) is 12.3. The molecule has 0 aromatic carbocycles. The number of unbranched alkanes of at least 4 members (excludes halogenated alkanes) is 7. The summed E-state index contributed by atoms with van der Waals surface area (Å²) in [4.78, 5) is 11.9. The van der Waals surface area contributed by atoms with Crippen molar-refractivity contribution in [2.75, 3.05) is 18.9 Å². The number of carbonyl (C=O) groups excluding carboxylic acids is 1. The van der Waals surface area contributed by atoms with E-state index in [1.54, 1.807) is 6.92 Å². The van der Waals surface area contributed by atoms with Crippen LogP contribution in [-0.4, -0.2) is 30.6 Å². The predicted molar refractivity (Wildman–Crippen MR) is 91.7 cm³/mol. The largest absolute Gasteiger partial charge is 0.465 e. The molecule has 126 valence electrons. The summed E-state index contributed by atoms with van der Waals surface area (Å²) in [5.74, 6) is -0.273. The first kappa shape index (κ1) is 20.7. The molecule has 1 unspecified atom stereocenters. The van der Waals surface area contributed by atoms with Crippen molar-refractivity contribution in [1.82, 2.24) is 0 Å². The van der Waals surface area contributed by atoms with E-state index in [4.69, 9.17) is 4.74 Å². The maximum atomic E-state index is 12.5. The number of hydrogen-bond donors (Lipinski definition) is 0. The van der Waals surface area contributed by atoms with Crippen LogP contribution in [0.3, 0.4) is 0 Å². The molecule has 0 fully saturated rings. The van der Waals surface area contributed by atoms with E-state index >= 15 is 0 Å². The van der Waals surface area contributed by atoms with Crippen molar-refractivity contribution in [3.05, 3.63) is 0 Å². The number of rotatable bonds is 13. The first-order valence-electron chi connectivity index (χ1n) is 8.76. The lowest BCUT2D eigenvalue weighted by molar-refractivity contribution is -0.143. The molecule has 0 saturated carbocycles. The molecule has 0 aliphatic heterocycles.